The Balaban J connectivity index is 0.000000199. The molecular formula is C74H97N15O8. The Hall–Kier alpha value is -8.87. The largest absolute Gasteiger partial charge is 0.460 e. The van der Waals surface area contributed by atoms with Gasteiger partial charge in [0, 0.05) is 148 Å². The van der Waals surface area contributed by atoms with Crippen LogP contribution in [0.15, 0.2) is 133 Å². The van der Waals surface area contributed by atoms with Gasteiger partial charge < -0.3 is 56.7 Å². The molecule has 0 saturated carbocycles. The van der Waals surface area contributed by atoms with Gasteiger partial charge in [0.25, 0.3) is 11.8 Å². The van der Waals surface area contributed by atoms with Crippen molar-refractivity contribution in [1.29, 1.82) is 0 Å². The van der Waals surface area contributed by atoms with Gasteiger partial charge in [-0.3, -0.25) is 38.7 Å². The van der Waals surface area contributed by atoms with E-state index in [1.807, 2.05) is 161 Å². The highest BCUT2D eigenvalue weighted by Gasteiger charge is 2.38. The lowest BCUT2D eigenvalue weighted by molar-refractivity contribution is -0.155. The molecule has 6 aliphatic heterocycles. The van der Waals surface area contributed by atoms with Crippen LogP contribution in [-0.2, 0) is 19.1 Å². The number of nitrogens with two attached hydrogens (primary N) is 3. The molecular weight excluding hydrogens is 1230 g/mol. The molecule has 12 rings (SSSR count). The molecule has 8 N–H and O–H groups in total. The van der Waals surface area contributed by atoms with Gasteiger partial charge in [-0.2, -0.15) is 10.2 Å². The zero-order valence-corrected chi connectivity index (χ0v) is 56.6. The molecule has 2 atom stereocenters. The van der Waals surface area contributed by atoms with E-state index in [0.717, 1.165) is 159 Å². The Kier molecular flexibility index (Phi) is 23.6. The highest BCUT2D eigenvalue weighted by Crippen LogP contribution is 2.42. The molecule has 6 aromatic rings. The zero-order valence-electron chi connectivity index (χ0n) is 56.6. The number of hydrogen-bond donors (Lipinski definition) is 5. The summed E-state index contributed by atoms with van der Waals surface area (Å²) in [5.41, 5.74) is 20.6. The second-order valence-corrected chi connectivity index (χ2v) is 27.1. The number of rotatable bonds is 22. The summed E-state index contributed by atoms with van der Waals surface area (Å²) < 4.78 is 21.2. The molecule has 4 amide bonds. The Labute approximate surface area is 569 Å². The van der Waals surface area contributed by atoms with Crippen molar-refractivity contribution in [2.75, 3.05) is 135 Å². The fourth-order valence-electron chi connectivity index (χ4n) is 14.2. The minimum Gasteiger partial charge on any atom is -0.460 e. The van der Waals surface area contributed by atoms with E-state index in [1.165, 1.54) is 0 Å². The van der Waals surface area contributed by atoms with Crippen molar-refractivity contribution in [2.45, 2.75) is 89.8 Å². The van der Waals surface area contributed by atoms with Crippen molar-refractivity contribution in [1.82, 2.24) is 49.0 Å². The van der Waals surface area contributed by atoms with Gasteiger partial charge in [0.2, 0.25) is 11.8 Å². The van der Waals surface area contributed by atoms with Crippen LogP contribution in [0.2, 0.25) is 0 Å². The van der Waals surface area contributed by atoms with Gasteiger partial charge >= 0.3 is 5.97 Å². The third-order valence-corrected chi connectivity index (χ3v) is 19.3. The van der Waals surface area contributed by atoms with Crippen LogP contribution < -0.4 is 37.3 Å². The Morgan fingerprint density at radius 2 is 0.887 bits per heavy atom. The maximum absolute atomic E-state index is 13.1. The molecule has 4 fully saturated rings. The third-order valence-electron chi connectivity index (χ3n) is 19.3. The Bertz CT molecular complexity index is 3650. The van der Waals surface area contributed by atoms with E-state index in [1.54, 1.807) is 12.2 Å². The third kappa shape index (κ3) is 18.4. The summed E-state index contributed by atoms with van der Waals surface area (Å²) in [5.74, 6) is 3.90. The van der Waals surface area contributed by atoms with Crippen LogP contribution >= 0.6 is 0 Å². The standard InChI is InChI=1S/C40H53N7O5.C34H44N8O3/c1-40(2,3)52-35(49)12-8-22-45-27-25-44(26-28-45)21-7-11-34(48)46-23-18-29(19-24-46)33-17-20-42-39-36(38(41)50)37(43-47(33)39)30-13-15-32(16-14-30)51-31-9-5-4-6-10-31;35-15-20-40-23-21-39(22-24-40)17-4-7-30(43)41-18-13-25(14-19-41)29-12-16-37-34-31(33(36)44)32(38-42(29)34)26-8-10-28(11-9-26)45-27-5-2-1-3-6-27/h4-7,9-11,13-16,29,33,42H,8,12,17-28H2,1-3H3,(H2,41,50);1-11,25,29,37H,12-24,35H2,(H2,36,44)/b11-7+;7-4+/t33-;29-/m00/s1. The number of piperazine rings is 2. The first-order valence-electron chi connectivity index (χ1n) is 34.8. The lowest BCUT2D eigenvalue weighted by Gasteiger charge is -2.38. The fourth-order valence-corrected chi connectivity index (χ4v) is 14.2. The van der Waals surface area contributed by atoms with Crippen molar-refractivity contribution in [3.63, 3.8) is 0 Å². The smallest absolute Gasteiger partial charge is 0.306 e. The van der Waals surface area contributed by atoms with Crippen molar-refractivity contribution >= 4 is 41.2 Å². The molecule has 97 heavy (non-hydrogen) atoms. The van der Waals surface area contributed by atoms with Crippen LogP contribution in [0.25, 0.3) is 22.5 Å². The molecule has 2 aromatic heterocycles. The highest BCUT2D eigenvalue weighted by atomic mass is 16.6. The van der Waals surface area contributed by atoms with Crippen molar-refractivity contribution in [3.05, 3.63) is 145 Å². The number of hydrogen-bond acceptors (Lipinski definition) is 17. The number of amides is 4. The van der Waals surface area contributed by atoms with Crippen LogP contribution in [0.5, 0.6) is 23.0 Å². The number of likely N-dealkylation sites (tertiary alicyclic amines) is 2. The highest BCUT2D eigenvalue weighted by molar-refractivity contribution is 6.04. The van der Waals surface area contributed by atoms with Crippen LogP contribution in [0, 0.1) is 11.8 Å². The van der Waals surface area contributed by atoms with E-state index in [4.69, 9.17) is 41.6 Å². The van der Waals surface area contributed by atoms with Crippen molar-refractivity contribution in [2.24, 2.45) is 29.0 Å². The topological polar surface area (TPSA) is 270 Å². The zero-order chi connectivity index (χ0) is 67.8. The summed E-state index contributed by atoms with van der Waals surface area (Å²) in [6.07, 6.45) is 14.0. The monoisotopic (exact) mass is 1320 g/mol. The average molecular weight is 1320 g/mol. The van der Waals surface area contributed by atoms with Gasteiger partial charge in [-0.15, -0.1) is 0 Å². The molecule has 0 spiro atoms. The van der Waals surface area contributed by atoms with E-state index in [9.17, 15) is 24.0 Å². The van der Waals surface area contributed by atoms with E-state index < -0.39 is 17.4 Å². The summed E-state index contributed by atoms with van der Waals surface area (Å²) in [6.45, 7) is 21.9. The maximum atomic E-state index is 13.1. The SMILES string of the molecule is CC(C)(C)OC(=O)CCCN1CCN(C/C=C/C(=O)N2CCC([C@@H]3CCNc4c(C(N)=O)c(-c5ccc(Oc6ccccc6)cc5)nn43)CC2)CC1.NCCN1CCN(C/C=C/C(=O)N2CCC([C@@H]3CCNc4c(C(N)=O)c(-c5ccc(Oc6ccccc6)cc5)nn43)CC2)CC1. The number of carbonyl (C=O) groups excluding carboxylic acids is 5. The Morgan fingerprint density at radius 3 is 1.27 bits per heavy atom. The molecule has 0 aliphatic carbocycles. The summed E-state index contributed by atoms with van der Waals surface area (Å²) in [4.78, 5) is 77.0. The fraction of sp³-hybridized carbons (Fsp3) is 0.473. The summed E-state index contributed by atoms with van der Waals surface area (Å²) in [6, 6.07) is 34.5. The van der Waals surface area contributed by atoms with E-state index >= 15 is 0 Å². The van der Waals surface area contributed by atoms with E-state index in [2.05, 4.69) is 30.2 Å². The number of piperidine rings is 2. The first kappa shape index (κ1) is 69.5. The van der Waals surface area contributed by atoms with E-state index in [0.29, 0.717) is 96.6 Å². The van der Waals surface area contributed by atoms with Gasteiger partial charge in [-0.05, 0) is 157 Å². The van der Waals surface area contributed by atoms with Crippen LogP contribution in [0.4, 0.5) is 11.6 Å². The predicted molar refractivity (Wildman–Crippen MR) is 376 cm³/mol. The number of ether oxygens (including phenoxy) is 3. The number of nitrogens with one attached hydrogen (secondary N) is 2. The second kappa shape index (κ2) is 32.9. The first-order chi connectivity index (χ1) is 47.0. The van der Waals surface area contributed by atoms with Crippen LogP contribution in [-0.4, -0.2) is 209 Å². The lowest BCUT2D eigenvalue weighted by Crippen LogP contribution is -2.47. The minimum atomic E-state index is -0.515. The summed E-state index contributed by atoms with van der Waals surface area (Å²) in [5, 5.41) is 16.7. The van der Waals surface area contributed by atoms with Crippen LogP contribution in [0.1, 0.15) is 105 Å². The molecule has 23 heteroatoms. The number of primary amides is 2. The summed E-state index contributed by atoms with van der Waals surface area (Å²) in [7, 11) is 0. The van der Waals surface area contributed by atoms with Gasteiger partial charge in [0.05, 0.1) is 12.1 Å². The van der Waals surface area contributed by atoms with Gasteiger partial charge in [0.1, 0.15) is 62.7 Å². The molecule has 0 bridgehead atoms. The average Bonchev–Trinajstić information content (AvgIpc) is 1.66. The van der Waals surface area contributed by atoms with Crippen molar-refractivity contribution < 1.29 is 38.2 Å². The normalized spacial score (nSPS) is 19.3. The van der Waals surface area contributed by atoms with Gasteiger partial charge in [0.15, 0.2) is 0 Å². The number of para-hydroxylation sites is 2. The molecule has 6 aliphatic rings. The van der Waals surface area contributed by atoms with Gasteiger partial charge in [-0.25, -0.2) is 9.36 Å². The first-order valence-corrected chi connectivity index (χ1v) is 34.8. The molecule has 8 heterocycles. The number of carbonyl (C=O) groups is 5. The van der Waals surface area contributed by atoms with E-state index in [-0.39, 0.29) is 29.9 Å². The predicted octanol–water partition coefficient (Wildman–Crippen LogP) is 8.50. The van der Waals surface area contributed by atoms with Gasteiger partial charge in [-0.1, -0.05) is 48.6 Å². The molecule has 23 nitrogen and oxygen atoms in total. The molecule has 4 saturated heterocycles. The molecule has 4 aromatic carbocycles. The lowest BCUT2D eigenvalue weighted by atomic mass is 9.87. The number of anilines is 2. The van der Waals surface area contributed by atoms with Crippen LogP contribution in [0.3, 0.4) is 0 Å². The number of benzene rings is 4. The Morgan fingerprint density at radius 1 is 0.505 bits per heavy atom. The number of esters is 1. The number of nitrogens with zero attached hydrogens (tertiary/aromatic N) is 10. The number of aromatic nitrogens is 4. The number of fused-ring (bicyclic) bond motifs is 2. The molecule has 516 valence electrons. The van der Waals surface area contributed by atoms with Crippen molar-refractivity contribution in [3.8, 4) is 45.5 Å². The second-order valence-electron chi connectivity index (χ2n) is 27.1. The minimum absolute atomic E-state index is 0.0577. The molecule has 0 unspecified atom stereocenters. The maximum Gasteiger partial charge on any atom is 0.306 e. The quantitative estimate of drug-likeness (QED) is 0.0315. The summed E-state index contributed by atoms with van der Waals surface area (Å²) >= 11 is 0. The molecule has 0 radical (unpaired) electrons.